The van der Waals surface area contributed by atoms with Crippen molar-refractivity contribution in [3.63, 3.8) is 0 Å². The molecule has 4 fully saturated rings. The van der Waals surface area contributed by atoms with Gasteiger partial charge in [-0.15, -0.1) is 0 Å². The smallest absolute Gasteiger partial charge is 0.0811 e. The Morgan fingerprint density at radius 3 is 2.56 bits per heavy atom. The van der Waals surface area contributed by atoms with E-state index in [-0.39, 0.29) is 6.10 Å². The second-order valence-corrected chi connectivity index (χ2v) is 11.1. The molecule has 0 saturated heterocycles. The maximum atomic E-state index is 10.1. The second-order valence-electron chi connectivity index (χ2n) is 11.1. The van der Waals surface area contributed by atoms with Crippen LogP contribution in [0.2, 0.25) is 0 Å². The Labute approximate surface area is 194 Å². The fourth-order valence-electron chi connectivity index (χ4n) is 6.75. The Balaban J connectivity index is 1.43. The average Bonchev–Trinajstić information content (AvgIpc) is 3.54. The number of allylic oxidation sites excluding steroid dienone is 6. The van der Waals surface area contributed by atoms with Crippen LogP contribution in [0.3, 0.4) is 0 Å². The molecule has 0 amide bonds. The van der Waals surface area contributed by atoms with Gasteiger partial charge >= 0.3 is 0 Å². The highest BCUT2D eigenvalue weighted by molar-refractivity contribution is 5.38. The van der Waals surface area contributed by atoms with Crippen LogP contribution in [-0.4, -0.2) is 33.6 Å². The van der Waals surface area contributed by atoms with Crippen molar-refractivity contribution in [2.24, 2.45) is 29.1 Å². The Kier molecular flexibility index (Phi) is 7.29. The lowest BCUT2D eigenvalue weighted by molar-refractivity contribution is 0.0862. The minimum atomic E-state index is -0.622. The van der Waals surface area contributed by atoms with Crippen LogP contribution in [0.15, 0.2) is 59.8 Å². The van der Waals surface area contributed by atoms with E-state index in [1.165, 1.54) is 25.7 Å². The molecule has 0 aromatic heterocycles. The molecule has 0 aliphatic heterocycles. The van der Waals surface area contributed by atoms with Crippen LogP contribution in [0.4, 0.5) is 0 Å². The number of rotatable bonds is 6. The Hall–Kier alpha value is -1.42. The van der Waals surface area contributed by atoms with E-state index < -0.39 is 12.2 Å². The summed E-state index contributed by atoms with van der Waals surface area (Å²) in [7, 11) is 0. The SMILES string of the molecule is C=C1C(=CC=C2CCC[C@]3(C)[C@@H](C(C)C=CC=C[C@H](O)C4CC4)CC[C@@H]23)C[C@@H](O)C[C@@H]1O. The highest BCUT2D eigenvalue weighted by Gasteiger charge is 2.50. The summed E-state index contributed by atoms with van der Waals surface area (Å²) in [5.74, 6) is 2.31. The molecule has 1 unspecified atom stereocenters. The first kappa shape index (κ1) is 23.7. The summed E-state index contributed by atoms with van der Waals surface area (Å²) >= 11 is 0. The van der Waals surface area contributed by atoms with Crippen molar-refractivity contribution < 1.29 is 15.3 Å². The van der Waals surface area contributed by atoms with Crippen molar-refractivity contribution in [2.75, 3.05) is 0 Å². The molecule has 0 bridgehead atoms. The summed E-state index contributed by atoms with van der Waals surface area (Å²) in [6.45, 7) is 8.92. The molecule has 0 aromatic rings. The van der Waals surface area contributed by atoms with Crippen LogP contribution in [0.1, 0.15) is 71.6 Å². The van der Waals surface area contributed by atoms with E-state index in [9.17, 15) is 15.3 Å². The predicted molar refractivity (Wildman–Crippen MR) is 131 cm³/mol. The highest BCUT2D eigenvalue weighted by Crippen LogP contribution is 2.59. The molecule has 4 aliphatic carbocycles. The number of hydrogen-bond donors (Lipinski definition) is 3. The van der Waals surface area contributed by atoms with Crippen molar-refractivity contribution in [3.8, 4) is 0 Å². The van der Waals surface area contributed by atoms with Crippen LogP contribution in [0, 0.1) is 29.1 Å². The van der Waals surface area contributed by atoms with Crippen molar-refractivity contribution in [3.05, 3.63) is 59.8 Å². The molecule has 0 aromatic carbocycles. The molecular weight excluding hydrogens is 396 g/mol. The number of hydrogen-bond acceptors (Lipinski definition) is 3. The third-order valence-electron chi connectivity index (χ3n) is 8.88. The summed E-state index contributed by atoms with van der Waals surface area (Å²) in [4.78, 5) is 0. The maximum absolute atomic E-state index is 10.1. The average molecular weight is 439 g/mol. The van der Waals surface area contributed by atoms with Gasteiger partial charge in [-0.2, -0.15) is 0 Å². The van der Waals surface area contributed by atoms with E-state index in [2.05, 4.69) is 44.7 Å². The number of aliphatic hydroxyl groups is 3. The lowest BCUT2D eigenvalue weighted by Gasteiger charge is -2.44. The quantitative estimate of drug-likeness (QED) is 0.470. The summed E-state index contributed by atoms with van der Waals surface area (Å²) < 4.78 is 0. The molecule has 4 saturated carbocycles. The minimum Gasteiger partial charge on any atom is -0.393 e. The molecule has 176 valence electrons. The van der Waals surface area contributed by atoms with Crippen molar-refractivity contribution in [2.45, 2.75) is 89.9 Å². The topological polar surface area (TPSA) is 60.7 Å². The van der Waals surface area contributed by atoms with Crippen LogP contribution in [0.25, 0.3) is 0 Å². The zero-order valence-electron chi connectivity index (χ0n) is 19.9. The summed E-state index contributed by atoms with van der Waals surface area (Å²) in [6, 6.07) is 0. The van der Waals surface area contributed by atoms with Crippen LogP contribution in [0.5, 0.6) is 0 Å². The van der Waals surface area contributed by atoms with E-state index in [1.807, 2.05) is 12.2 Å². The molecular formula is C29H42O3. The van der Waals surface area contributed by atoms with Crippen LogP contribution in [-0.2, 0) is 0 Å². The van der Waals surface area contributed by atoms with Gasteiger partial charge in [-0.05, 0) is 91.6 Å². The molecule has 0 spiro atoms. The summed E-state index contributed by atoms with van der Waals surface area (Å²) in [5, 5.41) is 30.2. The third-order valence-corrected chi connectivity index (χ3v) is 8.88. The van der Waals surface area contributed by atoms with Gasteiger partial charge < -0.3 is 15.3 Å². The van der Waals surface area contributed by atoms with Crippen molar-refractivity contribution in [1.29, 1.82) is 0 Å². The molecule has 3 nitrogen and oxygen atoms in total. The van der Waals surface area contributed by atoms with E-state index >= 15 is 0 Å². The maximum Gasteiger partial charge on any atom is 0.0811 e. The van der Waals surface area contributed by atoms with Crippen molar-refractivity contribution >= 4 is 0 Å². The van der Waals surface area contributed by atoms with Gasteiger partial charge in [0.15, 0.2) is 0 Å². The molecule has 3 N–H and O–H groups in total. The number of fused-ring (bicyclic) bond motifs is 1. The van der Waals surface area contributed by atoms with Crippen molar-refractivity contribution in [1.82, 2.24) is 0 Å². The van der Waals surface area contributed by atoms with Gasteiger partial charge in [0.2, 0.25) is 0 Å². The first-order valence-corrected chi connectivity index (χ1v) is 12.8. The molecule has 0 heterocycles. The standard InChI is InChI=1S/C29H42O3/c1-19(7-4-5-9-27(31)22-11-12-22)25-14-15-26-21(8-6-16-29(25,26)3)10-13-23-17-24(30)18-28(32)20(23)2/h4-5,7,9-10,13,19,22,24-28,30-32H,2,6,8,11-12,14-18H2,1,3H3/t19?,24-,25-,26+,27+,28+,29-/m1/s1. The van der Waals surface area contributed by atoms with Crippen LogP contribution < -0.4 is 0 Å². The van der Waals surface area contributed by atoms with E-state index in [0.717, 1.165) is 30.4 Å². The minimum absolute atomic E-state index is 0.272. The molecule has 4 rings (SSSR count). The van der Waals surface area contributed by atoms with Gasteiger partial charge in [-0.25, -0.2) is 0 Å². The monoisotopic (exact) mass is 438 g/mol. The summed E-state index contributed by atoms with van der Waals surface area (Å²) in [6.07, 6.45) is 21.0. The molecule has 7 atom stereocenters. The first-order chi connectivity index (χ1) is 15.3. The Morgan fingerprint density at radius 2 is 1.81 bits per heavy atom. The fraction of sp³-hybridized carbons (Fsp3) is 0.655. The molecule has 4 aliphatic rings. The van der Waals surface area contributed by atoms with Gasteiger partial charge in [0, 0.05) is 6.42 Å². The van der Waals surface area contributed by atoms with Gasteiger partial charge in [0.1, 0.15) is 0 Å². The normalized spacial score (nSPS) is 40.5. The summed E-state index contributed by atoms with van der Waals surface area (Å²) in [5.41, 5.74) is 3.64. The second kappa shape index (κ2) is 9.83. The highest BCUT2D eigenvalue weighted by atomic mass is 16.3. The van der Waals surface area contributed by atoms with Gasteiger partial charge in [0.25, 0.3) is 0 Å². The van der Waals surface area contributed by atoms with Crippen LogP contribution >= 0.6 is 0 Å². The Morgan fingerprint density at radius 1 is 1.06 bits per heavy atom. The molecule has 3 heteroatoms. The lowest BCUT2D eigenvalue weighted by atomic mass is 9.61. The molecule has 0 radical (unpaired) electrons. The zero-order valence-corrected chi connectivity index (χ0v) is 19.9. The van der Waals surface area contributed by atoms with Gasteiger partial charge in [-0.3, -0.25) is 0 Å². The Bertz CT molecular complexity index is 814. The lowest BCUT2D eigenvalue weighted by Crippen LogP contribution is -2.35. The number of aliphatic hydroxyl groups excluding tert-OH is 3. The largest absolute Gasteiger partial charge is 0.393 e. The van der Waals surface area contributed by atoms with Gasteiger partial charge in [-0.1, -0.05) is 62.5 Å². The van der Waals surface area contributed by atoms with Gasteiger partial charge in [0.05, 0.1) is 18.3 Å². The van der Waals surface area contributed by atoms with E-state index in [4.69, 9.17) is 0 Å². The molecule has 32 heavy (non-hydrogen) atoms. The zero-order chi connectivity index (χ0) is 22.9. The van der Waals surface area contributed by atoms with E-state index in [0.29, 0.717) is 41.9 Å². The predicted octanol–water partition coefficient (Wildman–Crippen LogP) is 5.65. The fourth-order valence-corrected chi connectivity index (χ4v) is 6.75. The first-order valence-electron chi connectivity index (χ1n) is 12.8. The third kappa shape index (κ3) is 5.05. The van der Waals surface area contributed by atoms with E-state index in [1.54, 1.807) is 5.57 Å².